The summed E-state index contributed by atoms with van der Waals surface area (Å²) >= 11 is 0. The number of carbonyl (C=O) groups is 3. The van der Waals surface area contributed by atoms with Crippen LogP contribution in [0.25, 0.3) is 11.1 Å². The zero-order valence-corrected chi connectivity index (χ0v) is 24.6. The maximum absolute atomic E-state index is 13.9. The Kier molecular flexibility index (Phi) is 10.2. The first-order valence-electron chi connectivity index (χ1n) is 15.6. The van der Waals surface area contributed by atoms with Crippen LogP contribution >= 0.6 is 0 Å². The van der Waals surface area contributed by atoms with Crippen molar-refractivity contribution in [1.82, 2.24) is 20.1 Å². The minimum Gasteiger partial charge on any atom is -0.508 e. The van der Waals surface area contributed by atoms with E-state index < -0.39 is 24.1 Å². The zero-order valence-electron chi connectivity index (χ0n) is 24.6. The van der Waals surface area contributed by atoms with Crippen molar-refractivity contribution in [3.05, 3.63) is 60.0 Å². The average Bonchev–Trinajstić information content (AvgIpc) is 3.43. The molecule has 0 radical (unpaired) electrons. The summed E-state index contributed by atoms with van der Waals surface area (Å²) in [7, 11) is 0. The molecule has 2 fully saturated rings. The van der Waals surface area contributed by atoms with Crippen LogP contribution in [0.15, 0.2) is 52.9 Å². The van der Waals surface area contributed by atoms with Crippen LogP contribution in [0.1, 0.15) is 69.2 Å². The minimum atomic E-state index is -0.982. The monoisotopic (exact) mass is 590 g/mol. The number of rotatable bonds is 10. The van der Waals surface area contributed by atoms with Gasteiger partial charge in [0.15, 0.2) is 11.5 Å². The van der Waals surface area contributed by atoms with Crippen LogP contribution in [0.2, 0.25) is 0 Å². The predicted molar refractivity (Wildman–Crippen MR) is 162 cm³/mol. The van der Waals surface area contributed by atoms with E-state index in [9.17, 15) is 24.6 Å². The molecule has 0 unspecified atom stereocenters. The number of aromatic nitrogens is 1. The van der Waals surface area contributed by atoms with Crippen LogP contribution in [-0.2, 0) is 17.6 Å². The normalized spacial score (nSPS) is 17.1. The third-order valence-corrected chi connectivity index (χ3v) is 8.95. The Morgan fingerprint density at radius 3 is 2.44 bits per heavy atom. The number of hydrogen-bond donors (Lipinski definition) is 3. The lowest BCUT2D eigenvalue weighted by Gasteiger charge is -2.33. The van der Waals surface area contributed by atoms with Crippen LogP contribution in [0, 0.1) is 11.8 Å². The fourth-order valence-electron chi connectivity index (χ4n) is 6.39. The first kappa shape index (κ1) is 30.4. The van der Waals surface area contributed by atoms with Gasteiger partial charge in [0.25, 0.3) is 0 Å². The molecule has 5 rings (SSSR count). The number of hydrogen-bond acceptors (Lipinski definition) is 6. The number of nitrogens with one attached hydrogen (secondary N) is 1. The van der Waals surface area contributed by atoms with E-state index >= 15 is 0 Å². The van der Waals surface area contributed by atoms with Gasteiger partial charge in [0.1, 0.15) is 11.3 Å². The van der Waals surface area contributed by atoms with Crippen LogP contribution in [0.4, 0.5) is 9.59 Å². The molecule has 1 aromatic heterocycles. The smallest absolute Gasteiger partial charge is 0.407 e. The molecule has 1 aliphatic carbocycles. The van der Waals surface area contributed by atoms with Gasteiger partial charge in [-0.05, 0) is 61.8 Å². The standard InChI is InChI=1S/C33H42N4O6/c38-28-12-6-4-10-24(28)14-15-26(22-30-35-27-11-5-7-13-29(27)43-30)34-32(40)37(21-16-23-8-2-1-3-9-23)31(39)25-17-19-36(20-18-25)33(41)42/h4-7,10-13,23,25-26,38H,1-3,8-9,14-22H2,(H,34,40)(H,41,42)/t26-/m0/s1. The molecule has 10 nitrogen and oxygen atoms in total. The molecule has 43 heavy (non-hydrogen) atoms. The highest BCUT2D eigenvalue weighted by molar-refractivity contribution is 5.95. The fourth-order valence-corrected chi connectivity index (χ4v) is 6.39. The Bertz CT molecular complexity index is 1360. The van der Waals surface area contributed by atoms with E-state index in [1.54, 1.807) is 12.1 Å². The lowest BCUT2D eigenvalue weighted by atomic mass is 9.87. The first-order chi connectivity index (χ1) is 20.9. The zero-order chi connectivity index (χ0) is 30.2. The second-order valence-corrected chi connectivity index (χ2v) is 11.9. The molecule has 1 saturated carbocycles. The molecular weight excluding hydrogens is 548 g/mol. The summed E-state index contributed by atoms with van der Waals surface area (Å²) < 4.78 is 5.97. The van der Waals surface area contributed by atoms with Crippen molar-refractivity contribution in [2.24, 2.45) is 11.8 Å². The second-order valence-electron chi connectivity index (χ2n) is 11.9. The Labute approximate surface area is 252 Å². The lowest BCUT2D eigenvalue weighted by Crippen LogP contribution is -2.52. The molecular formula is C33H42N4O6. The maximum atomic E-state index is 13.9. The van der Waals surface area contributed by atoms with Gasteiger partial charge in [-0.25, -0.2) is 14.6 Å². The number of fused-ring (bicyclic) bond motifs is 1. The summed E-state index contributed by atoms with van der Waals surface area (Å²) in [4.78, 5) is 46.4. The molecule has 230 valence electrons. The Hall–Kier alpha value is -4.08. The van der Waals surface area contributed by atoms with Gasteiger partial charge in [0.05, 0.1) is 0 Å². The summed E-state index contributed by atoms with van der Waals surface area (Å²) in [5, 5.41) is 22.8. The summed E-state index contributed by atoms with van der Waals surface area (Å²) in [6, 6.07) is 13.8. The number of amides is 4. The third-order valence-electron chi connectivity index (χ3n) is 8.95. The van der Waals surface area contributed by atoms with Crippen LogP contribution < -0.4 is 5.32 Å². The van der Waals surface area contributed by atoms with E-state index in [2.05, 4.69) is 10.3 Å². The average molecular weight is 591 g/mol. The Balaban J connectivity index is 1.32. The van der Waals surface area contributed by atoms with Crippen molar-refractivity contribution in [2.75, 3.05) is 19.6 Å². The molecule has 1 atom stereocenters. The highest BCUT2D eigenvalue weighted by Crippen LogP contribution is 2.28. The number of aryl methyl sites for hydroxylation is 1. The van der Waals surface area contributed by atoms with Gasteiger partial charge >= 0.3 is 12.1 Å². The van der Waals surface area contributed by atoms with E-state index in [0.717, 1.165) is 30.3 Å². The van der Waals surface area contributed by atoms with Crippen molar-refractivity contribution in [2.45, 2.75) is 76.7 Å². The second kappa shape index (κ2) is 14.4. The molecule has 3 N–H and O–H groups in total. The van der Waals surface area contributed by atoms with E-state index in [4.69, 9.17) is 4.42 Å². The number of likely N-dealkylation sites (tertiary alicyclic amines) is 1. The number of carbonyl (C=O) groups excluding carboxylic acids is 2. The first-order valence-corrected chi connectivity index (χ1v) is 15.6. The number of imide groups is 1. The SMILES string of the molecule is O=C(O)N1CCC(C(=O)N(CCC2CCCCC2)C(=O)N[C@@H](CCc2ccccc2O)Cc2nc3ccccc3o2)CC1. The van der Waals surface area contributed by atoms with Gasteiger partial charge in [0.2, 0.25) is 5.91 Å². The van der Waals surface area contributed by atoms with Gasteiger partial charge in [-0.15, -0.1) is 0 Å². The van der Waals surface area contributed by atoms with Crippen LogP contribution in [-0.4, -0.2) is 68.7 Å². The number of carboxylic acid groups (broad SMARTS) is 1. The number of piperidine rings is 1. The van der Waals surface area contributed by atoms with Crippen molar-refractivity contribution in [3.8, 4) is 5.75 Å². The van der Waals surface area contributed by atoms with Gasteiger partial charge in [-0.3, -0.25) is 9.69 Å². The number of nitrogens with zero attached hydrogens (tertiary/aromatic N) is 3. The number of benzene rings is 2. The largest absolute Gasteiger partial charge is 0.508 e. The Morgan fingerprint density at radius 1 is 1.00 bits per heavy atom. The van der Waals surface area contributed by atoms with Gasteiger partial charge in [-0.1, -0.05) is 62.4 Å². The van der Waals surface area contributed by atoms with Crippen molar-refractivity contribution >= 4 is 29.1 Å². The topological polar surface area (TPSA) is 136 Å². The summed E-state index contributed by atoms with van der Waals surface area (Å²) in [6.07, 6.45) is 7.75. The number of phenolic OH excluding ortho intramolecular Hbond substituents is 1. The van der Waals surface area contributed by atoms with E-state index in [0.29, 0.717) is 56.0 Å². The maximum Gasteiger partial charge on any atom is 0.407 e. The van der Waals surface area contributed by atoms with Gasteiger partial charge in [0, 0.05) is 38.0 Å². The molecule has 1 aliphatic heterocycles. The number of para-hydroxylation sites is 3. The van der Waals surface area contributed by atoms with E-state index in [1.807, 2.05) is 36.4 Å². The van der Waals surface area contributed by atoms with Crippen LogP contribution in [0.5, 0.6) is 5.75 Å². The molecule has 2 heterocycles. The Morgan fingerprint density at radius 2 is 1.72 bits per heavy atom. The van der Waals surface area contributed by atoms with Crippen molar-refractivity contribution in [3.63, 3.8) is 0 Å². The number of oxazole rings is 1. The molecule has 0 spiro atoms. The number of aromatic hydroxyl groups is 1. The predicted octanol–water partition coefficient (Wildman–Crippen LogP) is 5.98. The van der Waals surface area contributed by atoms with Gasteiger partial charge < -0.3 is 24.8 Å². The van der Waals surface area contributed by atoms with Crippen molar-refractivity contribution < 1.29 is 29.0 Å². The summed E-state index contributed by atoms with van der Waals surface area (Å²) in [5.41, 5.74) is 2.18. The third kappa shape index (κ3) is 8.06. The highest BCUT2D eigenvalue weighted by Gasteiger charge is 2.34. The number of urea groups is 1. The molecule has 10 heteroatoms. The lowest BCUT2D eigenvalue weighted by molar-refractivity contribution is -0.134. The molecule has 2 aliphatic rings. The highest BCUT2D eigenvalue weighted by atomic mass is 16.4. The quantitative estimate of drug-likeness (QED) is 0.264. The summed E-state index contributed by atoms with van der Waals surface area (Å²) in [5.74, 6) is 0.544. The number of phenols is 1. The van der Waals surface area contributed by atoms with E-state index in [1.165, 1.54) is 29.1 Å². The molecule has 0 bridgehead atoms. The van der Waals surface area contributed by atoms with E-state index in [-0.39, 0.29) is 24.7 Å². The minimum absolute atomic E-state index is 0.200. The molecule has 2 aromatic carbocycles. The van der Waals surface area contributed by atoms with Crippen molar-refractivity contribution in [1.29, 1.82) is 0 Å². The molecule has 1 saturated heterocycles. The summed E-state index contributed by atoms with van der Waals surface area (Å²) in [6.45, 7) is 0.902. The molecule has 3 aromatic rings. The van der Waals surface area contributed by atoms with Gasteiger partial charge in [-0.2, -0.15) is 0 Å². The van der Waals surface area contributed by atoms with Crippen LogP contribution in [0.3, 0.4) is 0 Å². The molecule has 4 amide bonds. The fraction of sp³-hybridized carbons (Fsp3) is 0.515.